The normalized spacial score (nSPS) is 15.3. The van der Waals surface area contributed by atoms with Crippen molar-refractivity contribution in [2.45, 2.75) is 38.1 Å². The predicted molar refractivity (Wildman–Crippen MR) is 89.9 cm³/mol. The molecule has 0 saturated heterocycles. The van der Waals surface area contributed by atoms with Crippen LogP contribution in [0.2, 0.25) is 0 Å². The summed E-state index contributed by atoms with van der Waals surface area (Å²) in [4.78, 5) is 11.8. The van der Waals surface area contributed by atoms with Crippen LogP contribution in [0.5, 0.6) is 5.75 Å². The van der Waals surface area contributed by atoms with Crippen LogP contribution in [0.25, 0.3) is 6.08 Å². The summed E-state index contributed by atoms with van der Waals surface area (Å²) in [6.45, 7) is 1.45. The van der Waals surface area contributed by atoms with Gasteiger partial charge in [-0.1, -0.05) is 43.2 Å². The summed E-state index contributed by atoms with van der Waals surface area (Å²) in [5.74, 6) is 1.03. The molecular weight excluding hydrogens is 276 g/mol. The van der Waals surface area contributed by atoms with Gasteiger partial charge in [-0.05, 0) is 18.9 Å². The molecule has 0 spiro atoms. The first-order chi connectivity index (χ1) is 10.8. The van der Waals surface area contributed by atoms with Gasteiger partial charge >= 0.3 is 0 Å². The molecule has 120 valence electrons. The van der Waals surface area contributed by atoms with Crippen LogP contribution in [0.4, 0.5) is 0 Å². The second-order valence-corrected chi connectivity index (χ2v) is 5.65. The standard InChI is InChI=1S/C18H26N2O2/c1-22-17-11-5-2-7-15(17)8-6-13-19-14-12-18(21)20-16-9-3-4-10-16/h2,5-8,11,16,19H,3-4,9-10,12-14H2,1H3,(H,20,21)/b8-6-. The molecule has 1 amide bonds. The van der Waals surface area contributed by atoms with Crippen LogP contribution in [-0.4, -0.2) is 32.1 Å². The highest BCUT2D eigenvalue weighted by Gasteiger charge is 2.16. The first kappa shape index (κ1) is 16.6. The zero-order valence-corrected chi connectivity index (χ0v) is 13.3. The Morgan fingerprint density at radius 1 is 1.32 bits per heavy atom. The molecule has 4 nitrogen and oxygen atoms in total. The van der Waals surface area contributed by atoms with Crippen molar-refractivity contribution in [1.82, 2.24) is 10.6 Å². The number of hydrogen-bond acceptors (Lipinski definition) is 3. The zero-order valence-electron chi connectivity index (χ0n) is 13.3. The second kappa shape index (κ2) is 9.26. The van der Waals surface area contributed by atoms with Crippen molar-refractivity contribution in [2.75, 3.05) is 20.2 Å². The molecule has 0 aliphatic heterocycles. The number of amides is 1. The molecule has 0 aromatic heterocycles. The minimum Gasteiger partial charge on any atom is -0.496 e. The number of hydrogen-bond donors (Lipinski definition) is 2. The third kappa shape index (κ3) is 5.53. The summed E-state index contributed by atoms with van der Waals surface area (Å²) in [6, 6.07) is 8.32. The van der Waals surface area contributed by atoms with Crippen molar-refractivity contribution in [3.05, 3.63) is 35.9 Å². The van der Waals surface area contributed by atoms with Gasteiger partial charge in [-0.15, -0.1) is 0 Å². The van der Waals surface area contributed by atoms with E-state index < -0.39 is 0 Å². The SMILES string of the molecule is COc1ccccc1/C=C\CNCCC(=O)NC1CCCC1. The van der Waals surface area contributed by atoms with Crippen LogP contribution in [0.1, 0.15) is 37.7 Å². The van der Waals surface area contributed by atoms with Gasteiger partial charge in [0, 0.05) is 31.1 Å². The Bertz CT molecular complexity index is 494. The molecule has 1 aliphatic carbocycles. The predicted octanol–water partition coefficient (Wildman–Crippen LogP) is 2.75. The van der Waals surface area contributed by atoms with Gasteiger partial charge in [0.2, 0.25) is 5.91 Å². The molecule has 2 N–H and O–H groups in total. The van der Waals surface area contributed by atoms with E-state index in [0.29, 0.717) is 19.0 Å². The van der Waals surface area contributed by atoms with Gasteiger partial charge in [-0.2, -0.15) is 0 Å². The molecule has 22 heavy (non-hydrogen) atoms. The van der Waals surface area contributed by atoms with Crippen LogP contribution >= 0.6 is 0 Å². The second-order valence-electron chi connectivity index (χ2n) is 5.65. The maximum atomic E-state index is 11.8. The number of carbonyl (C=O) groups excluding carboxylic acids is 1. The number of methoxy groups -OCH3 is 1. The molecule has 1 aromatic rings. The van der Waals surface area contributed by atoms with E-state index in [4.69, 9.17) is 4.74 Å². The summed E-state index contributed by atoms with van der Waals surface area (Å²) in [7, 11) is 1.67. The maximum absolute atomic E-state index is 11.8. The van der Waals surface area contributed by atoms with Crippen LogP contribution in [0, 0.1) is 0 Å². The van der Waals surface area contributed by atoms with Crippen LogP contribution in [0.3, 0.4) is 0 Å². The molecule has 1 aromatic carbocycles. The number of carbonyl (C=O) groups is 1. The van der Waals surface area contributed by atoms with Crippen molar-refractivity contribution in [1.29, 1.82) is 0 Å². The molecule has 0 bridgehead atoms. The van der Waals surface area contributed by atoms with E-state index in [1.54, 1.807) is 7.11 Å². The van der Waals surface area contributed by atoms with Gasteiger partial charge in [0.05, 0.1) is 7.11 Å². The van der Waals surface area contributed by atoms with Crippen molar-refractivity contribution in [2.24, 2.45) is 0 Å². The van der Waals surface area contributed by atoms with E-state index in [1.165, 1.54) is 12.8 Å². The van der Waals surface area contributed by atoms with Crippen molar-refractivity contribution >= 4 is 12.0 Å². The number of ether oxygens (including phenoxy) is 1. The van der Waals surface area contributed by atoms with E-state index in [-0.39, 0.29) is 5.91 Å². The van der Waals surface area contributed by atoms with Gasteiger partial charge in [0.15, 0.2) is 0 Å². The molecule has 4 heteroatoms. The minimum absolute atomic E-state index is 0.160. The Labute approximate surface area is 132 Å². The Balaban J connectivity index is 1.60. The first-order valence-corrected chi connectivity index (χ1v) is 8.09. The molecule has 0 radical (unpaired) electrons. The summed E-state index contributed by atoms with van der Waals surface area (Å²) in [5, 5.41) is 6.36. The van der Waals surface area contributed by atoms with Gasteiger partial charge in [0.1, 0.15) is 5.75 Å². The summed E-state index contributed by atoms with van der Waals surface area (Å²) < 4.78 is 5.29. The molecule has 1 saturated carbocycles. The topological polar surface area (TPSA) is 50.4 Å². The lowest BCUT2D eigenvalue weighted by Crippen LogP contribution is -2.34. The maximum Gasteiger partial charge on any atom is 0.221 e. The van der Waals surface area contributed by atoms with Crippen molar-refractivity contribution in [3.63, 3.8) is 0 Å². The highest BCUT2D eigenvalue weighted by atomic mass is 16.5. The molecule has 0 unspecified atom stereocenters. The lowest BCUT2D eigenvalue weighted by atomic mass is 10.2. The smallest absolute Gasteiger partial charge is 0.221 e. The quantitative estimate of drug-likeness (QED) is 0.726. The fraction of sp³-hybridized carbons (Fsp3) is 0.500. The molecule has 2 rings (SSSR count). The van der Waals surface area contributed by atoms with E-state index >= 15 is 0 Å². The fourth-order valence-electron chi connectivity index (χ4n) is 2.75. The van der Waals surface area contributed by atoms with Gasteiger partial charge < -0.3 is 15.4 Å². The van der Waals surface area contributed by atoms with Crippen LogP contribution in [0.15, 0.2) is 30.3 Å². The van der Waals surface area contributed by atoms with Gasteiger partial charge in [-0.3, -0.25) is 4.79 Å². The molecule has 0 heterocycles. The van der Waals surface area contributed by atoms with E-state index in [2.05, 4.69) is 10.6 Å². The number of benzene rings is 1. The Kier molecular flexibility index (Phi) is 6.97. The van der Waals surface area contributed by atoms with Gasteiger partial charge in [-0.25, -0.2) is 0 Å². The average molecular weight is 302 g/mol. The Morgan fingerprint density at radius 3 is 2.86 bits per heavy atom. The number of nitrogens with one attached hydrogen (secondary N) is 2. The fourth-order valence-corrected chi connectivity index (χ4v) is 2.75. The largest absolute Gasteiger partial charge is 0.496 e. The van der Waals surface area contributed by atoms with Crippen LogP contribution < -0.4 is 15.4 Å². The van der Waals surface area contributed by atoms with Crippen LogP contribution in [-0.2, 0) is 4.79 Å². The lowest BCUT2D eigenvalue weighted by molar-refractivity contribution is -0.121. The van der Waals surface area contributed by atoms with E-state index in [9.17, 15) is 4.79 Å². The Morgan fingerprint density at radius 2 is 2.09 bits per heavy atom. The monoisotopic (exact) mass is 302 g/mol. The Hall–Kier alpha value is -1.81. The van der Waals surface area contributed by atoms with Gasteiger partial charge in [0.25, 0.3) is 0 Å². The third-order valence-corrected chi connectivity index (χ3v) is 3.95. The number of para-hydroxylation sites is 1. The summed E-state index contributed by atoms with van der Waals surface area (Å²) in [5.41, 5.74) is 1.06. The van der Waals surface area contributed by atoms with Crippen molar-refractivity contribution < 1.29 is 9.53 Å². The minimum atomic E-state index is 0.160. The zero-order chi connectivity index (χ0) is 15.6. The molecular formula is C18H26N2O2. The molecule has 1 aliphatic rings. The van der Waals surface area contributed by atoms with E-state index in [1.807, 2.05) is 36.4 Å². The number of rotatable bonds is 8. The van der Waals surface area contributed by atoms with E-state index in [0.717, 1.165) is 30.7 Å². The summed E-state index contributed by atoms with van der Waals surface area (Å²) >= 11 is 0. The lowest BCUT2D eigenvalue weighted by Gasteiger charge is -2.11. The molecule has 1 fully saturated rings. The molecule has 0 atom stereocenters. The van der Waals surface area contributed by atoms with Crippen molar-refractivity contribution in [3.8, 4) is 5.75 Å². The average Bonchev–Trinajstić information content (AvgIpc) is 3.04. The third-order valence-electron chi connectivity index (χ3n) is 3.95. The highest BCUT2D eigenvalue weighted by molar-refractivity contribution is 5.76. The summed E-state index contributed by atoms with van der Waals surface area (Å²) in [6.07, 6.45) is 9.39. The highest BCUT2D eigenvalue weighted by Crippen LogP contribution is 2.18. The first-order valence-electron chi connectivity index (χ1n) is 8.09.